The van der Waals surface area contributed by atoms with Gasteiger partial charge in [0.2, 0.25) is 0 Å². The number of nitrogens with zero attached hydrogens (tertiary/aromatic N) is 1. The molecule has 13 heavy (non-hydrogen) atoms. The highest BCUT2D eigenvalue weighted by atomic mass is 16.3. The molecule has 80 valence electrons. The Labute approximate surface area is 82.1 Å². The smallest absolute Gasteiger partial charge is 0.0610 e. The molecule has 0 rings (SSSR count). The summed E-state index contributed by atoms with van der Waals surface area (Å²) in [5.74, 6) is 0. The van der Waals surface area contributed by atoms with Crippen molar-refractivity contribution in [2.24, 2.45) is 0 Å². The quantitative estimate of drug-likeness (QED) is 0.577. The molecule has 0 aromatic rings. The van der Waals surface area contributed by atoms with Crippen LogP contribution in [0.5, 0.6) is 0 Å². The maximum atomic E-state index is 9.12. The summed E-state index contributed by atoms with van der Waals surface area (Å²) in [6, 6.07) is 0. The Kier molecular flexibility index (Phi) is 6.29. The number of nitrogens with one attached hydrogen (secondary N) is 1. The van der Waals surface area contributed by atoms with E-state index in [1.807, 2.05) is 0 Å². The van der Waals surface area contributed by atoms with E-state index in [2.05, 4.69) is 38.2 Å². The SMILES string of the molecule is CCC(C)(CO)NCCCN(C)C. The van der Waals surface area contributed by atoms with Crippen molar-refractivity contribution < 1.29 is 5.11 Å². The van der Waals surface area contributed by atoms with Crippen molar-refractivity contribution in [1.29, 1.82) is 0 Å². The van der Waals surface area contributed by atoms with Gasteiger partial charge in [-0.2, -0.15) is 0 Å². The van der Waals surface area contributed by atoms with Gasteiger partial charge in [-0.15, -0.1) is 0 Å². The minimum Gasteiger partial charge on any atom is -0.394 e. The number of rotatable bonds is 7. The van der Waals surface area contributed by atoms with Crippen LogP contribution in [0.15, 0.2) is 0 Å². The molecule has 0 aliphatic carbocycles. The zero-order chi connectivity index (χ0) is 10.3. The van der Waals surface area contributed by atoms with Gasteiger partial charge in [-0.05, 0) is 47.0 Å². The molecule has 0 fully saturated rings. The molecular formula is C10H24N2O. The van der Waals surface area contributed by atoms with Crippen LogP contribution in [0.25, 0.3) is 0 Å². The summed E-state index contributed by atoms with van der Waals surface area (Å²) in [5.41, 5.74) is -0.0910. The van der Waals surface area contributed by atoms with Gasteiger partial charge in [0.1, 0.15) is 0 Å². The van der Waals surface area contributed by atoms with Crippen molar-refractivity contribution in [1.82, 2.24) is 10.2 Å². The van der Waals surface area contributed by atoms with E-state index in [0.29, 0.717) is 0 Å². The van der Waals surface area contributed by atoms with Gasteiger partial charge in [-0.25, -0.2) is 0 Å². The van der Waals surface area contributed by atoms with Crippen molar-refractivity contribution in [2.75, 3.05) is 33.8 Å². The zero-order valence-corrected chi connectivity index (χ0v) is 9.43. The van der Waals surface area contributed by atoms with Gasteiger partial charge < -0.3 is 15.3 Å². The van der Waals surface area contributed by atoms with Crippen LogP contribution in [0.3, 0.4) is 0 Å². The Bertz CT molecular complexity index is 122. The predicted molar refractivity (Wildman–Crippen MR) is 57.0 cm³/mol. The minimum atomic E-state index is -0.0910. The van der Waals surface area contributed by atoms with Gasteiger partial charge in [-0.3, -0.25) is 0 Å². The van der Waals surface area contributed by atoms with Gasteiger partial charge >= 0.3 is 0 Å². The van der Waals surface area contributed by atoms with Crippen LogP contribution >= 0.6 is 0 Å². The minimum absolute atomic E-state index is 0.0910. The summed E-state index contributed by atoms with van der Waals surface area (Å²) in [7, 11) is 4.15. The van der Waals surface area contributed by atoms with Crippen LogP contribution < -0.4 is 5.32 Å². The first kappa shape index (κ1) is 12.9. The average Bonchev–Trinajstić information content (AvgIpc) is 2.12. The molecule has 1 atom stereocenters. The van der Waals surface area contributed by atoms with Gasteiger partial charge in [0.15, 0.2) is 0 Å². The van der Waals surface area contributed by atoms with E-state index in [-0.39, 0.29) is 12.1 Å². The van der Waals surface area contributed by atoms with Crippen LogP contribution in [-0.2, 0) is 0 Å². The Morgan fingerprint density at radius 3 is 2.38 bits per heavy atom. The summed E-state index contributed by atoms with van der Waals surface area (Å²) >= 11 is 0. The fourth-order valence-electron chi connectivity index (χ4n) is 1.08. The maximum absolute atomic E-state index is 9.12. The average molecular weight is 188 g/mol. The van der Waals surface area contributed by atoms with Crippen molar-refractivity contribution >= 4 is 0 Å². The Hall–Kier alpha value is -0.120. The predicted octanol–water partition coefficient (Wildman–Crippen LogP) is 0.689. The lowest BCUT2D eigenvalue weighted by Crippen LogP contribution is -2.45. The monoisotopic (exact) mass is 188 g/mol. The van der Waals surface area contributed by atoms with Crippen molar-refractivity contribution in [3.05, 3.63) is 0 Å². The van der Waals surface area contributed by atoms with Crippen LogP contribution in [0.4, 0.5) is 0 Å². The fraction of sp³-hybridized carbons (Fsp3) is 1.00. The van der Waals surface area contributed by atoms with Crippen LogP contribution in [0, 0.1) is 0 Å². The second-order valence-corrected chi connectivity index (χ2v) is 4.16. The highest BCUT2D eigenvalue weighted by Crippen LogP contribution is 2.06. The molecule has 0 saturated carbocycles. The first-order valence-electron chi connectivity index (χ1n) is 5.04. The third-order valence-electron chi connectivity index (χ3n) is 2.46. The molecule has 0 radical (unpaired) electrons. The summed E-state index contributed by atoms with van der Waals surface area (Å²) in [6.07, 6.45) is 2.09. The number of aliphatic hydroxyl groups excluding tert-OH is 1. The molecule has 3 heteroatoms. The Balaban J connectivity index is 3.50. The van der Waals surface area contributed by atoms with E-state index in [0.717, 1.165) is 25.9 Å². The maximum Gasteiger partial charge on any atom is 0.0610 e. The number of hydrogen-bond acceptors (Lipinski definition) is 3. The highest BCUT2D eigenvalue weighted by molar-refractivity contribution is 4.80. The standard InChI is InChI=1S/C10H24N2O/c1-5-10(2,9-13)11-7-6-8-12(3)4/h11,13H,5-9H2,1-4H3. The van der Waals surface area contributed by atoms with Crippen LogP contribution in [-0.4, -0.2) is 49.3 Å². The normalized spacial score (nSPS) is 16.2. The van der Waals surface area contributed by atoms with E-state index in [4.69, 9.17) is 5.11 Å². The lowest BCUT2D eigenvalue weighted by molar-refractivity contribution is 0.169. The molecule has 0 aromatic carbocycles. The third kappa shape index (κ3) is 6.02. The van der Waals surface area contributed by atoms with Crippen molar-refractivity contribution in [3.8, 4) is 0 Å². The molecule has 0 amide bonds. The van der Waals surface area contributed by atoms with E-state index < -0.39 is 0 Å². The van der Waals surface area contributed by atoms with E-state index in [1.54, 1.807) is 0 Å². The molecular weight excluding hydrogens is 164 g/mol. The number of aliphatic hydroxyl groups is 1. The first-order chi connectivity index (χ1) is 6.04. The second kappa shape index (κ2) is 6.35. The Morgan fingerprint density at radius 1 is 1.38 bits per heavy atom. The van der Waals surface area contributed by atoms with E-state index in [9.17, 15) is 0 Å². The molecule has 0 heterocycles. The van der Waals surface area contributed by atoms with Gasteiger partial charge in [0, 0.05) is 5.54 Å². The third-order valence-corrected chi connectivity index (χ3v) is 2.46. The molecule has 0 aromatic heterocycles. The van der Waals surface area contributed by atoms with E-state index in [1.165, 1.54) is 0 Å². The summed E-state index contributed by atoms with van der Waals surface area (Å²) in [5, 5.41) is 12.5. The van der Waals surface area contributed by atoms with Gasteiger partial charge in [-0.1, -0.05) is 6.92 Å². The molecule has 0 bridgehead atoms. The lowest BCUT2D eigenvalue weighted by Gasteiger charge is -2.27. The molecule has 0 aliphatic rings. The summed E-state index contributed by atoms with van der Waals surface area (Å²) in [4.78, 5) is 2.17. The largest absolute Gasteiger partial charge is 0.394 e. The van der Waals surface area contributed by atoms with Gasteiger partial charge in [0.05, 0.1) is 6.61 Å². The molecule has 3 nitrogen and oxygen atoms in total. The van der Waals surface area contributed by atoms with E-state index >= 15 is 0 Å². The van der Waals surface area contributed by atoms with Crippen LogP contribution in [0.2, 0.25) is 0 Å². The van der Waals surface area contributed by atoms with Crippen molar-refractivity contribution in [2.45, 2.75) is 32.2 Å². The molecule has 0 aliphatic heterocycles. The summed E-state index contributed by atoms with van der Waals surface area (Å²) in [6.45, 7) is 6.44. The molecule has 0 saturated heterocycles. The molecule has 1 unspecified atom stereocenters. The highest BCUT2D eigenvalue weighted by Gasteiger charge is 2.18. The summed E-state index contributed by atoms with van der Waals surface area (Å²) < 4.78 is 0. The van der Waals surface area contributed by atoms with Crippen molar-refractivity contribution in [3.63, 3.8) is 0 Å². The fourth-order valence-corrected chi connectivity index (χ4v) is 1.08. The Morgan fingerprint density at radius 2 is 2.00 bits per heavy atom. The second-order valence-electron chi connectivity index (χ2n) is 4.16. The topological polar surface area (TPSA) is 35.5 Å². The first-order valence-corrected chi connectivity index (χ1v) is 5.04. The zero-order valence-electron chi connectivity index (χ0n) is 9.43. The molecule has 2 N–H and O–H groups in total. The van der Waals surface area contributed by atoms with Crippen LogP contribution in [0.1, 0.15) is 26.7 Å². The van der Waals surface area contributed by atoms with Gasteiger partial charge in [0.25, 0.3) is 0 Å². The molecule has 0 spiro atoms. The number of hydrogen-bond donors (Lipinski definition) is 2. The lowest BCUT2D eigenvalue weighted by atomic mass is 10.0.